The van der Waals surface area contributed by atoms with Gasteiger partial charge in [-0.2, -0.15) is 0 Å². The van der Waals surface area contributed by atoms with Crippen LogP contribution in [0.25, 0.3) is 0 Å². The molecule has 2 aliphatic rings. The quantitative estimate of drug-likeness (QED) is 0.877. The zero-order valence-corrected chi connectivity index (χ0v) is 13.2. The Morgan fingerprint density at radius 3 is 2.35 bits per heavy atom. The Hall–Kier alpha value is -2.24. The van der Waals surface area contributed by atoms with Crippen molar-refractivity contribution in [3.8, 4) is 11.5 Å². The summed E-state index contributed by atoms with van der Waals surface area (Å²) in [5.74, 6) is -1.24. The van der Waals surface area contributed by atoms with Gasteiger partial charge in [-0.1, -0.05) is 0 Å². The zero-order chi connectivity index (χ0) is 16.6. The molecule has 1 N–H and O–H groups in total. The summed E-state index contributed by atoms with van der Waals surface area (Å²) in [5, 5.41) is 14.2. The van der Waals surface area contributed by atoms with Crippen LogP contribution in [0.1, 0.15) is 19.3 Å². The van der Waals surface area contributed by atoms with Gasteiger partial charge in [-0.05, 0) is 43.2 Å². The van der Waals surface area contributed by atoms with Crippen molar-refractivity contribution < 1.29 is 24.2 Å². The van der Waals surface area contributed by atoms with Gasteiger partial charge in [0.15, 0.2) is 11.5 Å². The van der Waals surface area contributed by atoms with Gasteiger partial charge in [-0.3, -0.25) is 4.79 Å². The molecule has 1 amide bonds. The summed E-state index contributed by atoms with van der Waals surface area (Å²) in [6.07, 6.45) is 2.60. The molecule has 0 aromatic heterocycles. The molecule has 2 fully saturated rings. The molecule has 2 bridgehead atoms. The number of benzene rings is 1. The third kappa shape index (κ3) is 2.73. The van der Waals surface area contributed by atoms with Crippen LogP contribution in [0.15, 0.2) is 18.2 Å². The van der Waals surface area contributed by atoms with Crippen LogP contribution in [0, 0.1) is 23.7 Å². The number of aliphatic carboxylic acids is 1. The average Bonchev–Trinajstić information content (AvgIpc) is 3.15. The lowest BCUT2D eigenvalue weighted by molar-refractivity contribution is -0.314. The van der Waals surface area contributed by atoms with Gasteiger partial charge in [0, 0.05) is 29.6 Å². The van der Waals surface area contributed by atoms with Gasteiger partial charge in [0.05, 0.1) is 14.2 Å². The maximum absolute atomic E-state index is 12.6. The minimum Gasteiger partial charge on any atom is -0.550 e. The van der Waals surface area contributed by atoms with Gasteiger partial charge >= 0.3 is 0 Å². The van der Waals surface area contributed by atoms with Crippen molar-refractivity contribution in [2.24, 2.45) is 23.7 Å². The second-order valence-electron chi connectivity index (χ2n) is 6.26. The third-order valence-corrected chi connectivity index (χ3v) is 5.14. The number of rotatable bonds is 5. The molecule has 0 unspecified atom stereocenters. The van der Waals surface area contributed by atoms with E-state index in [2.05, 4.69) is 5.32 Å². The molecule has 2 aliphatic carbocycles. The van der Waals surface area contributed by atoms with E-state index in [1.165, 1.54) is 14.2 Å². The van der Waals surface area contributed by atoms with Crippen molar-refractivity contribution >= 4 is 17.6 Å². The standard InChI is InChI=1S/C17H21NO5/c1-22-12-6-5-11(8-13(12)23-2)18-16(19)14-9-3-4-10(7-9)15(14)17(20)21/h5-6,8-10,14-15H,3-4,7H2,1-2H3,(H,18,19)(H,20,21)/p-1/t9-,10-,14+,15+/m0/s1. The second kappa shape index (κ2) is 6.10. The number of methoxy groups -OCH3 is 2. The predicted molar refractivity (Wildman–Crippen MR) is 81.0 cm³/mol. The molecule has 1 aromatic rings. The molecule has 0 aliphatic heterocycles. The van der Waals surface area contributed by atoms with Crippen molar-refractivity contribution in [1.82, 2.24) is 0 Å². The van der Waals surface area contributed by atoms with E-state index in [0.717, 1.165) is 19.3 Å². The highest BCUT2D eigenvalue weighted by Crippen LogP contribution is 2.52. The fourth-order valence-electron chi connectivity index (χ4n) is 4.15. The van der Waals surface area contributed by atoms with E-state index in [0.29, 0.717) is 17.2 Å². The summed E-state index contributed by atoms with van der Waals surface area (Å²) in [5.41, 5.74) is 0.563. The van der Waals surface area contributed by atoms with Gasteiger partial charge in [0.2, 0.25) is 5.91 Å². The SMILES string of the molecule is COc1ccc(NC(=O)[C@@H]2[C@H]3CC[C@@H](C3)[C@H]2C(=O)[O-])cc1OC. The minimum atomic E-state index is -1.11. The van der Waals surface area contributed by atoms with Crippen LogP contribution in [0.5, 0.6) is 11.5 Å². The average molecular weight is 318 g/mol. The normalized spacial score (nSPS) is 28.4. The number of hydrogen-bond acceptors (Lipinski definition) is 5. The Balaban J connectivity index is 1.78. The Morgan fingerprint density at radius 1 is 1.09 bits per heavy atom. The Labute approximate surface area is 134 Å². The molecule has 1 aromatic carbocycles. The highest BCUT2D eigenvalue weighted by molar-refractivity contribution is 5.96. The monoisotopic (exact) mass is 318 g/mol. The summed E-state index contributed by atoms with van der Waals surface area (Å²) in [6.45, 7) is 0. The summed E-state index contributed by atoms with van der Waals surface area (Å²) < 4.78 is 10.4. The smallest absolute Gasteiger partial charge is 0.228 e. The molecule has 23 heavy (non-hydrogen) atoms. The molecule has 0 heterocycles. The number of carbonyl (C=O) groups is 2. The summed E-state index contributed by atoms with van der Waals surface area (Å²) in [6, 6.07) is 5.07. The van der Waals surface area contributed by atoms with Gasteiger partial charge in [0.1, 0.15) is 0 Å². The van der Waals surface area contributed by atoms with Crippen molar-refractivity contribution in [3.63, 3.8) is 0 Å². The number of carboxylic acid groups (broad SMARTS) is 1. The molecule has 0 saturated heterocycles. The number of carboxylic acids is 1. The number of amides is 1. The number of fused-ring (bicyclic) bond motifs is 2. The van der Waals surface area contributed by atoms with Crippen LogP contribution in [0.4, 0.5) is 5.69 Å². The molecule has 124 valence electrons. The van der Waals surface area contributed by atoms with Gasteiger partial charge in [-0.25, -0.2) is 0 Å². The van der Waals surface area contributed by atoms with E-state index < -0.39 is 17.8 Å². The van der Waals surface area contributed by atoms with Crippen LogP contribution in [0.3, 0.4) is 0 Å². The summed E-state index contributed by atoms with van der Waals surface area (Å²) >= 11 is 0. The van der Waals surface area contributed by atoms with E-state index >= 15 is 0 Å². The molecule has 4 atom stereocenters. The first-order valence-electron chi connectivity index (χ1n) is 7.79. The first-order chi connectivity index (χ1) is 11.0. The van der Waals surface area contributed by atoms with Crippen molar-refractivity contribution in [1.29, 1.82) is 0 Å². The van der Waals surface area contributed by atoms with Gasteiger partial charge in [0.25, 0.3) is 0 Å². The van der Waals surface area contributed by atoms with Crippen LogP contribution in [-0.2, 0) is 9.59 Å². The lowest BCUT2D eigenvalue weighted by atomic mass is 9.78. The van der Waals surface area contributed by atoms with E-state index in [4.69, 9.17) is 9.47 Å². The maximum Gasteiger partial charge on any atom is 0.228 e. The third-order valence-electron chi connectivity index (χ3n) is 5.14. The van der Waals surface area contributed by atoms with E-state index in [1.807, 2.05) is 0 Å². The maximum atomic E-state index is 12.6. The van der Waals surface area contributed by atoms with Gasteiger partial charge < -0.3 is 24.7 Å². The lowest BCUT2D eigenvalue weighted by Gasteiger charge is -2.30. The molecule has 3 rings (SSSR count). The molecular formula is C17H20NO5-. The topological polar surface area (TPSA) is 87.7 Å². The lowest BCUT2D eigenvalue weighted by Crippen LogP contribution is -2.43. The Bertz CT molecular complexity index is 629. The first kappa shape index (κ1) is 15.6. The van der Waals surface area contributed by atoms with Gasteiger partial charge in [-0.15, -0.1) is 0 Å². The van der Waals surface area contributed by atoms with E-state index in [1.54, 1.807) is 18.2 Å². The number of hydrogen-bond donors (Lipinski definition) is 1. The van der Waals surface area contributed by atoms with E-state index in [-0.39, 0.29) is 17.7 Å². The van der Waals surface area contributed by atoms with Crippen molar-refractivity contribution in [3.05, 3.63) is 18.2 Å². The fraction of sp³-hybridized carbons (Fsp3) is 0.529. The van der Waals surface area contributed by atoms with Crippen LogP contribution in [-0.4, -0.2) is 26.1 Å². The molecule has 6 nitrogen and oxygen atoms in total. The van der Waals surface area contributed by atoms with Crippen LogP contribution < -0.4 is 19.9 Å². The highest BCUT2D eigenvalue weighted by Gasteiger charge is 2.51. The number of ether oxygens (including phenoxy) is 2. The molecule has 6 heteroatoms. The summed E-state index contributed by atoms with van der Waals surface area (Å²) in [7, 11) is 3.06. The van der Waals surface area contributed by atoms with Crippen LogP contribution in [0.2, 0.25) is 0 Å². The Kier molecular flexibility index (Phi) is 4.15. The molecule has 0 radical (unpaired) electrons. The fourth-order valence-corrected chi connectivity index (χ4v) is 4.15. The molecule has 2 saturated carbocycles. The second-order valence-corrected chi connectivity index (χ2v) is 6.26. The molecule has 0 spiro atoms. The van der Waals surface area contributed by atoms with Crippen molar-refractivity contribution in [2.75, 3.05) is 19.5 Å². The summed E-state index contributed by atoms with van der Waals surface area (Å²) in [4.78, 5) is 24.0. The predicted octanol–water partition coefficient (Wildman–Crippen LogP) is 1.05. The largest absolute Gasteiger partial charge is 0.550 e. The van der Waals surface area contributed by atoms with Crippen LogP contribution >= 0.6 is 0 Å². The van der Waals surface area contributed by atoms with Crippen molar-refractivity contribution in [2.45, 2.75) is 19.3 Å². The zero-order valence-electron chi connectivity index (χ0n) is 13.2. The highest BCUT2D eigenvalue weighted by atomic mass is 16.5. The molecular weight excluding hydrogens is 298 g/mol. The first-order valence-corrected chi connectivity index (χ1v) is 7.79. The Morgan fingerprint density at radius 2 is 1.74 bits per heavy atom. The number of anilines is 1. The number of nitrogens with one attached hydrogen (secondary N) is 1. The minimum absolute atomic E-state index is 0.0751. The van der Waals surface area contributed by atoms with E-state index in [9.17, 15) is 14.7 Å². The number of carbonyl (C=O) groups excluding carboxylic acids is 2.